The molecule has 0 aliphatic heterocycles. The maximum absolute atomic E-state index is 11.6. The molecule has 88 valence electrons. The van der Waals surface area contributed by atoms with Crippen molar-refractivity contribution in [3.8, 4) is 0 Å². The molecule has 5 heteroatoms. The van der Waals surface area contributed by atoms with E-state index in [1.54, 1.807) is 6.20 Å². The maximum atomic E-state index is 11.6. The molecule has 17 heavy (non-hydrogen) atoms. The molecule has 1 aromatic carbocycles. The largest absolute Gasteiger partial charge is 0.392 e. The van der Waals surface area contributed by atoms with E-state index in [1.165, 1.54) is 6.20 Å². The Hall–Kier alpha value is -2.14. The van der Waals surface area contributed by atoms with Crippen molar-refractivity contribution < 1.29 is 9.90 Å². The number of carbonyl (C=O) groups is 1. The van der Waals surface area contributed by atoms with Crippen LogP contribution in [0, 0.1) is 0 Å². The summed E-state index contributed by atoms with van der Waals surface area (Å²) in [5.41, 5.74) is 2.29. The third-order valence-electron chi connectivity index (χ3n) is 2.39. The summed E-state index contributed by atoms with van der Waals surface area (Å²) >= 11 is 0. The van der Waals surface area contributed by atoms with Crippen LogP contribution in [0.5, 0.6) is 0 Å². The van der Waals surface area contributed by atoms with Crippen molar-refractivity contribution in [2.75, 3.05) is 0 Å². The molecule has 2 aromatic rings. The van der Waals surface area contributed by atoms with Gasteiger partial charge in [0.05, 0.1) is 18.4 Å². The zero-order valence-electron chi connectivity index (χ0n) is 9.18. The summed E-state index contributed by atoms with van der Waals surface area (Å²) in [5.74, 6) is -0.173. The van der Waals surface area contributed by atoms with E-state index in [0.29, 0.717) is 12.1 Å². The van der Waals surface area contributed by atoms with E-state index in [9.17, 15) is 4.79 Å². The number of aromatic nitrogens is 2. The van der Waals surface area contributed by atoms with Crippen LogP contribution in [0.2, 0.25) is 0 Å². The van der Waals surface area contributed by atoms with Crippen molar-refractivity contribution in [2.45, 2.75) is 13.2 Å². The Morgan fingerprint density at radius 1 is 1.41 bits per heavy atom. The molecule has 0 unspecified atom stereocenters. The van der Waals surface area contributed by atoms with Gasteiger partial charge in [-0.25, -0.2) is 0 Å². The first-order valence-corrected chi connectivity index (χ1v) is 5.25. The number of aliphatic hydroxyl groups excluding tert-OH is 1. The summed E-state index contributed by atoms with van der Waals surface area (Å²) in [6, 6.07) is 7.44. The molecule has 0 spiro atoms. The van der Waals surface area contributed by atoms with E-state index < -0.39 is 0 Å². The van der Waals surface area contributed by atoms with Crippen LogP contribution in [0.15, 0.2) is 36.7 Å². The lowest BCUT2D eigenvalue weighted by Gasteiger charge is -2.05. The van der Waals surface area contributed by atoms with E-state index >= 15 is 0 Å². The molecule has 5 nitrogen and oxygen atoms in total. The molecule has 1 aromatic heterocycles. The minimum Gasteiger partial charge on any atom is -0.392 e. The van der Waals surface area contributed by atoms with Gasteiger partial charge in [0.2, 0.25) is 0 Å². The topological polar surface area (TPSA) is 78.0 Å². The first-order valence-electron chi connectivity index (χ1n) is 5.25. The van der Waals surface area contributed by atoms with Gasteiger partial charge in [-0.3, -0.25) is 9.89 Å². The lowest BCUT2D eigenvalue weighted by molar-refractivity contribution is 0.0951. The van der Waals surface area contributed by atoms with E-state index in [-0.39, 0.29) is 12.5 Å². The van der Waals surface area contributed by atoms with Gasteiger partial charge in [-0.05, 0) is 11.1 Å². The molecule has 0 saturated heterocycles. The number of carbonyl (C=O) groups excluding carboxylic acids is 1. The molecule has 0 aliphatic carbocycles. The molecular formula is C12H13N3O2. The van der Waals surface area contributed by atoms with E-state index in [4.69, 9.17) is 5.11 Å². The molecule has 0 radical (unpaired) electrons. The Balaban J connectivity index is 1.95. The number of hydrogen-bond donors (Lipinski definition) is 3. The first kappa shape index (κ1) is 11.3. The lowest BCUT2D eigenvalue weighted by atomic mass is 10.1. The number of hydrogen-bond acceptors (Lipinski definition) is 3. The van der Waals surface area contributed by atoms with Crippen molar-refractivity contribution in [3.63, 3.8) is 0 Å². The van der Waals surface area contributed by atoms with E-state index in [2.05, 4.69) is 15.5 Å². The first-order chi connectivity index (χ1) is 8.29. The number of amides is 1. The van der Waals surface area contributed by atoms with Crippen LogP contribution in [-0.2, 0) is 13.2 Å². The molecule has 2 rings (SSSR count). The number of H-pyrrole nitrogens is 1. The molecule has 0 aliphatic rings. The summed E-state index contributed by atoms with van der Waals surface area (Å²) in [6.07, 6.45) is 3.01. The highest BCUT2D eigenvalue weighted by atomic mass is 16.3. The van der Waals surface area contributed by atoms with Crippen LogP contribution >= 0.6 is 0 Å². The van der Waals surface area contributed by atoms with Crippen molar-refractivity contribution in [3.05, 3.63) is 53.3 Å². The van der Waals surface area contributed by atoms with Crippen LogP contribution in [0.25, 0.3) is 0 Å². The van der Waals surface area contributed by atoms with Gasteiger partial charge in [-0.1, -0.05) is 24.3 Å². The second-order valence-electron chi connectivity index (χ2n) is 3.65. The smallest absolute Gasteiger partial charge is 0.254 e. The normalized spacial score (nSPS) is 10.2. The van der Waals surface area contributed by atoms with Crippen molar-refractivity contribution in [1.29, 1.82) is 0 Å². The third-order valence-corrected chi connectivity index (χ3v) is 2.39. The van der Waals surface area contributed by atoms with Crippen LogP contribution < -0.4 is 5.32 Å². The van der Waals surface area contributed by atoms with Crippen molar-refractivity contribution in [1.82, 2.24) is 15.5 Å². The molecule has 1 amide bonds. The fourth-order valence-corrected chi connectivity index (χ4v) is 1.50. The van der Waals surface area contributed by atoms with E-state index in [0.717, 1.165) is 11.1 Å². The Labute approximate surface area is 98.5 Å². The van der Waals surface area contributed by atoms with Gasteiger partial charge < -0.3 is 10.4 Å². The molecule has 0 fully saturated rings. The summed E-state index contributed by atoms with van der Waals surface area (Å²) in [4.78, 5) is 11.6. The molecule has 0 bridgehead atoms. The lowest BCUT2D eigenvalue weighted by Crippen LogP contribution is -2.22. The zero-order valence-corrected chi connectivity index (χ0v) is 9.18. The number of aromatic amines is 1. The second kappa shape index (κ2) is 5.27. The number of aliphatic hydroxyl groups is 1. The summed E-state index contributed by atoms with van der Waals surface area (Å²) in [6.45, 7) is 0.432. The SMILES string of the molecule is O=C(NCc1cccc(CO)c1)c1cn[nH]c1. The number of rotatable bonds is 4. The minimum atomic E-state index is -0.173. The number of nitrogens with one attached hydrogen (secondary N) is 2. The van der Waals surface area contributed by atoms with Gasteiger partial charge >= 0.3 is 0 Å². The van der Waals surface area contributed by atoms with E-state index in [1.807, 2.05) is 24.3 Å². The fraction of sp³-hybridized carbons (Fsp3) is 0.167. The predicted molar refractivity (Wildman–Crippen MR) is 62.1 cm³/mol. The van der Waals surface area contributed by atoms with Gasteiger partial charge in [-0.15, -0.1) is 0 Å². The maximum Gasteiger partial charge on any atom is 0.254 e. The Morgan fingerprint density at radius 2 is 2.24 bits per heavy atom. The molecule has 0 saturated carbocycles. The second-order valence-corrected chi connectivity index (χ2v) is 3.65. The summed E-state index contributed by atoms with van der Waals surface area (Å²) in [5, 5.41) is 18.1. The van der Waals surface area contributed by atoms with Crippen molar-refractivity contribution >= 4 is 5.91 Å². The number of benzene rings is 1. The van der Waals surface area contributed by atoms with Gasteiger partial charge in [-0.2, -0.15) is 5.10 Å². The Bertz CT molecular complexity index is 494. The molecular weight excluding hydrogens is 218 g/mol. The molecule has 0 atom stereocenters. The van der Waals surface area contributed by atoms with Crippen LogP contribution in [0.3, 0.4) is 0 Å². The fourth-order valence-electron chi connectivity index (χ4n) is 1.50. The van der Waals surface area contributed by atoms with Gasteiger partial charge in [0.15, 0.2) is 0 Å². The average molecular weight is 231 g/mol. The number of nitrogens with zero attached hydrogens (tertiary/aromatic N) is 1. The monoisotopic (exact) mass is 231 g/mol. The summed E-state index contributed by atoms with van der Waals surface area (Å²) in [7, 11) is 0. The minimum absolute atomic E-state index is 0.00349. The average Bonchev–Trinajstić information content (AvgIpc) is 2.90. The summed E-state index contributed by atoms with van der Waals surface area (Å²) < 4.78 is 0. The standard InChI is InChI=1S/C12H13N3O2/c16-8-10-3-1-2-9(4-10)5-13-12(17)11-6-14-15-7-11/h1-4,6-7,16H,5,8H2,(H,13,17)(H,14,15). The quantitative estimate of drug-likeness (QED) is 0.729. The van der Waals surface area contributed by atoms with Crippen LogP contribution in [-0.4, -0.2) is 21.2 Å². The van der Waals surface area contributed by atoms with Gasteiger partial charge in [0.25, 0.3) is 5.91 Å². The highest BCUT2D eigenvalue weighted by molar-refractivity contribution is 5.93. The van der Waals surface area contributed by atoms with Crippen molar-refractivity contribution in [2.24, 2.45) is 0 Å². The Kier molecular flexibility index (Phi) is 3.52. The van der Waals surface area contributed by atoms with Crippen LogP contribution in [0.4, 0.5) is 0 Å². The highest BCUT2D eigenvalue weighted by Gasteiger charge is 2.05. The Morgan fingerprint density at radius 3 is 2.94 bits per heavy atom. The molecule has 1 heterocycles. The van der Waals surface area contributed by atoms with Crippen LogP contribution in [0.1, 0.15) is 21.5 Å². The third kappa shape index (κ3) is 2.92. The molecule has 3 N–H and O–H groups in total. The highest BCUT2D eigenvalue weighted by Crippen LogP contribution is 2.05. The predicted octanol–water partition coefficient (Wildman–Crippen LogP) is 0.832. The van der Waals surface area contributed by atoms with Gasteiger partial charge in [0.1, 0.15) is 0 Å². The van der Waals surface area contributed by atoms with Gasteiger partial charge in [0, 0.05) is 12.7 Å². The zero-order chi connectivity index (χ0) is 12.1.